The van der Waals surface area contributed by atoms with Gasteiger partial charge in [-0.05, 0) is 32.4 Å². The number of nitrogens with one attached hydrogen (secondary N) is 1. The summed E-state index contributed by atoms with van der Waals surface area (Å²) in [5, 5.41) is 2.94. The van der Waals surface area contributed by atoms with E-state index in [0.29, 0.717) is 5.92 Å². The molecule has 1 amide bonds. The molecule has 1 atom stereocenters. The van der Waals surface area contributed by atoms with E-state index in [0.717, 1.165) is 52.1 Å². The number of halogens is 3. The molecule has 22 heavy (non-hydrogen) atoms. The Morgan fingerprint density at radius 3 is 2.18 bits per heavy atom. The Balaban J connectivity index is -0.00000120. The van der Waals surface area contributed by atoms with Crippen molar-refractivity contribution in [1.82, 2.24) is 15.1 Å². The van der Waals surface area contributed by atoms with Gasteiger partial charge >= 0.3 is 0 Å². The average molecular weight is 380 g/mol. The summed E-state index contributed by atoms with van der Waals surface area (Å²) < 4.78 is 0. The van der Waals surface area contributed by atoms with E-state index in [-0.39, 0.29) is 49.2 Å². The second-order valence-electron chi connectivity index (χ2n) is 6.03. The van der Waals surface area contributed by atoms with E-state index >= 15 is 0 Å². The van der Waals surface area contributed by atoms with Crippen molar-refractivity contribution in [1.29, 1.82) is 0 Å². The molecule has 1 saturated heterocycles. The lowest BCUT2D eigenvalue weighted by Gasteiger charge is -2.32. The lowest BCUT2D eigenvalue weighted by Crippen LogP contribution is -2.46. The van der Waals surface area contributed by atoms with Crippen molar-refractivity contribution >= 4 is 43.1 Å². The van der Waals surface area contributed by atoms with Gasteiger partial charge in [0.1, 0.15) is 0 Å². The summed E-state index contributed by atoms with van der Waals surface area (Å²) in [7, 11) is 2.16. The molecule has 0 radical (unpaired) electrons. The van der Waals surface area contributed by atoms with Crippen LogP contribution in [0, 0.1) is 5.92 Å². The Kier molecular flexibility index (Phi) is 18.2. The first kappa shape index (κ1) is 27.1. The van der Waals surface area contributed by atoms with Gasteiger partial charge in [-0.15, -0.1) is 37.2 Å². The third-order valence-electron chi connectivity index (χ3n) is 3.61. The van der Waals surface area contributed by atoms with E-state index in [1.165, 1.54) is 0 Å². The first-order chi connectivity index (χ1) is 8.99. The fraction of sp³-hybridized carbons (Fsp3) is 0.929. The molecule has 1 rings (SSSR count). The van der Waals surface area contributed by atoms with E-state index < -0.39 is 0 Å². The topological polar surface area (TPSA) is 61.6 Å². The molecule has 0 aromatic carbocycles. The molecule has 8 heteroatoms. The summed E-state index contributed by atoms with van der Waals surface area (Å²) in [5.74, 6) is 0.457. The Morgan fingerprint density at radius 1 is 1.14 bits per heavy atom. The van der Waals surface area contributed by atoms with E-state index in [1.54, 1.807) is 0 Å². The van der Waals surface area contributed by atoms with Gasteiger partial charge in [0.15, 0.2) is 0 Å². The summed E-state index contributed by atoms with van der Waals surface area (Å²) in [6.07, 6.45) is 1.76. The maximum atomic E-state index is 11.7. The van der Waals surface area contributed by atoms with Gasteiger partial charge in [-0.1, -0.05) is 13.8 Å². The van der Waals surface area contributed by atoms with Crippen LogP contribution in [0.5, 0.6) is 0 Å². The summed E-state index contributed by atoms with van der Waals surface area (Å²) in [5.41, 5.74) is 5.83. The molecule has 0 bridgehead atoms. The number of hydrogen-bond acceptors (Lipinski definition) is 4. The van der Waals surface area contributed by atoms with Crippen LogP contribution in [0.3, 0.4) is 0 Å². The van der Waals surface area contributed by atoms with E-state index in [1.807, 2.05) is 0 Å². The zero-order chi connectivity index (χ0) is 14.3. The highest BCUT2D eigenvalue weighted by atomic mass is 35.5. The van der Waals surface area contributed by atoms with Gasteiger partial charge in [0.25, 0.3) is 0 Å². The van der Waals surface area contributed by atoms with Crippen molar-refractivity contribution in [3.63, 3.8) is 0 Å². The van der Waals surface area contributed by atoms with Crippen LogP contribution in [0.4, 0.5) is 0 Å². The van der Waals surface area contributed by atoms with Crippen LogP contribution in [0.15, 0.2) is 0 Å². The molecule has 3 N–H and O–H groups in total. The van der Waals surface area contributed by atoms with Crippen LogP contribution >= 0.6 is 37.2 Å². The van der Waals surface area contributed by atoms with Crippen LogP contribution < -0.4 is 11.1 Å². The van der Waals surface area contributed by atoms with Crippen molar-refractivity contribution in [2.75, 3.05) is 46.3 Å². The molecule has 0 spiro atoms. The number of piperazine rings is 1. The van der Waals surface area contributed by atoms with Crippen LogP contribution in [-0.4, -0.2) is 68.1 Å². The molecule has 0 aliphatic carbocycles. The molecular formula is C14H33Cl3N4O. The minimum absolute atomic E-state index is 0. The third kappa shape index (κ3) is 11.7. The molecule has 0 saturated carbocycles. The highest BCUT2D eigenvalue weighted by Crippen LogP contribution is 2.03. The number of amides is 1. The highest BCUT2D eigenvalue weighted by Gasteiger charge is 2.15. The third-order valence-corrected chi connectivity index (χ3v) is 3.61. The standard InChI is InChI=1S/C14H30N4O.3ClH/c1-12(2)11-13(15)14(19)16-5-4-6-18-9-7-17(3)8-10-18;;;/h12-13H,4-11,15H2,1-3H3,(H,16,19);3*1H/t13-;;;/m0.../s1. The zero-order valence-electron chi connectivity index (χ0n) is 13.9. The van der Waals surface area contributed by atoms with Crippen molar-refractivity contribution in [2.24, 2.45) is 11.7 Å². The van der Waals surface area contributed by atoms with Crippen molar-refractivity contribution in [3.8, 4) is 0 Å². The molecule has 1 fully saturated rings. The number of carbonyl (C=O) groups is 1. The van der Waals surface area contributed by atoms with Crippen molar-refractivity contribution in [2.45, 2.75) is 32.7 Å². The Hall–Kier alpha value is 0.220. The predicted molar refractivity (Wildman–Crippen MR) is 101 cm³/mol. The number of nitrogens with zero attached hydrogens (tertiary/aromatic N) is 2. The number of likely N-dealkylation sites (N-methyl/N-ethyl adjacent to an activating group) is 1. The molecular weight excluding hydrogens is 347 g/mol. The Labute approximate surface area is 154 Å². The van der Waals surface area contributed by atoms with Crippen molar-refractivity contribution < 1.29 is 4.79 Å². The normalized spacial score (nSPS) is 17.0. The largest absolute Gasteiger partial charge is 0.355 e. The minimum atomic E-state index is -0.358. The van der Waals surface area contributed by atoms with Crippen LogP contribution in [0.1, 0.15) is 26.7 Å². The summed E-state index contributed by atoms with van der Waals surface area (Å²) >= 11 is 0. The maximum Gasteiger partial charge on any atom is 0.236 e. The molecule has 1 aliphatic rings. The monoisotopic (exact) mass is 378 g/mol. The minimum Gasteiger partial charge on any atom is -0.355 e. The van der Waals surface area contributed by atoms with Gasteiger partial charge < -0.3 is 20.9 Å². The van der Waals surface area contributed by atoms with Gasteiger partial charge in [0, 0.05) is 32.7 Å². The highest BCUT2D eigenvalue weighted by molar-refractivity contribution is 5.86. The SMILES string of the molecule is CC(C)C[C@H](N)C(=O)NCCCN1CCN(C)CC1.Cl.Cl.Cl. The fourth-order valence-corrected chi connectivity index (χ4v) is 2.33. The first-order valence-corrected chi connectivity index (χ1v) is 7.43. The van der Waals surface area contributed by atoms with Crippen molar-refractivity contribution in [3.05, 3.63) is 0 Å². The molecule has 136 valence electrons. The van der Waals surface area contributed by atoms with Crippen LogP contribution in [-0.2, 0) is 4.79 Å². The molecule has 1 aliphatic heterocycles. The summed E-state index contributed by atoms with van der Waals surface area (Å²) in [6, 6.07) is -0.358. The van der Waals surface area contributed by atoms with E-state index in [2.05, 4.69) is 36.0 Å². The number of rotatable bonds is 7. The molecule has 0 unspecified atom stereocenters. The number of nitrogens with two attached hydrogens (primary N) is 1. The second kappa shape index (κ2) is 14.8. The smallest absolute Gasteiger partial charge is 0.236 e. The molecule has 0 aromatic heterocycles. The van der Waals surface area contributed by atoms with E-state index in [4.69, 9.17) is 5.73 Å². The average Bonchev–Trinajstić information content (AvgIpc) is 2.35. The predicted octanol–water partition coefficient (Wildman–Crippen LogP) is 1.38. The lowest BCUT2D eigenvalue weighted by molar-refractivity contribution is -0.122. The van der Waals surface area contributed by atoms with Gasteiger partial charge in [-0.2, -0.15) is 0 Å². The summed E-state index contributed by atoms with van der Waals surface area (Å²) in [4.78, 5) is 16.5. The van der Waals surface area contributed by atoms with Gasteiger partial charge in [-0.3, -0.25) is 4.79 Å². The van der Waals surface area contributed by atoms with Gasteiger partial charge in [0.2, 0.25) is 5.91 Å². The Bertz CT molecular complexity index is 275. The van der Waals surface area contributed by atoms with E-state index in [9.17, 15) is 4.79 Å². The van der Waals surface area contributed by atoms with Crippen LogP contribution in [0.2, 0.25) is 0 Å². The quantitative estimate of drug-likeness (QED) is 0.656. The van der Waals surface area contributed by atoms with Gasteiger partial charge in [0.05, 0.1) is 6.04 Å². The summed E-state index contributed by atoms with van der Waals surface area (Å²) in [6.45, 7) is 10.5. The number of hydrogen-bond donors (Lipinski definition) is 2. The Morgan fingerprint density at radius 2 is 1.68 bits per heavy atom. The number of carbonyl (C=O) groups excluding carboxylic acids is 1. The second-order valence-corrected chi connectivity index (χ2v) is 6.03. The zero-order valence-corrected chi connectivity index (χ0v) is 16.4. The molecule has 5 nitrogen and oxygen atoms in total. The fourth-order valence-electron chi connectivity index (χ4n) is 2.33. The lowest BCUT2D eigenvalue weighted by atomic mass is 10.0. The first-order valence-electron chi connectivity index (χ1n) is 7.43. The molecule has 0 aromatic rings. The van der Waals surface area contributed by atoms with Crippen LogP contribution in [0.25, 0.3) is 0 Å². The van der Waals surface area contributed by atoms with Gasteiger partial charge in [-0.25, -0.2) is 0 Å². The molecule has 1 heterocycles. The maximum absolute atomic E-state index is 11.7.